The summed E-state index contributed by atoms with van der Waals surface area (Å²) in [5.41, 5.74) is 8.25. The Hall–Kier alpha value is -2.34. The number of anilines is 1. The van der Waals surface area contributed by atoms with Crippen LogP contribution in [0.2, 0.25) is 0 Å². The van der Waals surface area contributed by atoms with Crippen LogP contribution >= 0.6 is 12.2 Å². The van der Waals surface area contributed by atoms with Crippen LogP contribution in [0.25, 0.3) is 0 Å². The van der Waals surface area contributed by atoms with E-state index in [4.69, 9.17) is 18.0 Å². The van der Waals surface area contributed by atoms with E-state index in [1.807, 2.05) is 19.9 Å². The molecule has 0 radical (unpaired) electrons. The summed E-state index contributed by atoms with van der Waals surface area (Å²) in [6.45, 7) is 3.69. The minimum Gasteiger partial charge on any atom is -0.389 e. The molecule has 0 fully saturated rings. The topological polar surface area (TPSA) is 80.9 Å². The fraction of sp³-hybridized carbons (Fsp3) is 0.143. The van der Waals surface area contributed by atoms with Crippen LogP contribution < -0.4 is 11.1 Å². The lowest BCUT2D eigenvalue weighted by atomic mass is 10.1. The first-order valence-electron chi connectivity index (χ1n) is 5.99. The molecule has 0 aliphatic heterocycles. The standard InChI is InChI=1S/C14H14N4OS/c1-8-6-9(2)17-14(16-8)18-13(19)11-5-3-4-10(7-11)12(15)20/h3-7H,1-2H3,(H2,15,20)(H,16,17,18,19). The van der Waals surface area contributed by atoms with Crippen molar-refractivity contribution in [1.82, 2.24) is 9.97 Å². The van der Waals surface area contributed by atoms with Crippen LogP contribution in [0, 0.1) is 13.8 Å². The van der Waals surface area contributed by atoms with Crippen LogP contribution in [0.15, 0.2) is 30.3 Å². The quantitative estimate of drug-likeness (QED) is 0.843. The number of rotatable bonds is 3. The highest BCUT2D eigenvalue weighted by atomic mass is 32.1. The second kappa shape index (κ2) is 5.75. The average molecular weight is 286 g/mol. The zero-order valence-corrected chi connectivity index (χ0v) is 12.0. The Morgan fingerprint density at radius 1 is 1.15 bits per heavy atom. The predicted molar refractivity (Wildman–Crippen MR) is 81.8 cm³/mol. The Kier molecular flexibility index (Phi) is 4.05. The van der Waals surface area contributed by atoms with Gasteiger partial charge in [-0.25, -0.2) is 9.97 Å². The third-order valence-electron chi connectivity index (χ3n) is 2.62. The third-order valence-corrected chi connectivity index (χ3v) is 2.85. The molecule has 2 aromatic rings. The smallest absolute Gasteiger partial charge is 0.258 e. The Labute approximate surface area is 122 Å². The Morgan fingerprint density at radius 3 is 2.35 bits per heavy atom. The molecule has 1 heterocycles. The van der Waals surface area contributed by atoms with Gasteiger partial charge in [-0.05, 0) is 32.0 Å². The number of amides is 1. The number of carbonyl (C=O) groups is 1. The van der Waals surface area contributed by atoms with E-state index >= 15 is 0 Å². The van der Waals surface area contributed by atoms with Gasteiger partial charge in [0.2, 0.25) is 5.95 Å². The van der Waals surface area contributed by atoms with Gasteiger partial charge in [-0.1, -0.05) is 24.4 Å². The van der Waals surface area contributed by atoms with Gasteiger partial charge in [0.15, 0.2) is 0 Å². The highest BCUT2D eigenvalue weighted by molar-refractivity contribution is 7.80. The number of hydrogen-bond donors (Lipinski definition) is 2. The molecular formula is C14H14N4OS. The van der Waals surface area contributed by atoms with E-state index in [1.54, 1.807) is 24.3 Å². The zero-order chi connectivity index (χ0) is 14.7. The number of aryl methyl sites for hydroxylation is 2. The van der Waals surface area contributed by atoms with Gasteiger partial charge in [0, 0.05) is 22.5 Å². The first-order chi connectivity index (χ1) is 9.45. The van der Waals surface area contributed by atoms with E-state index in [2.05, 4.69) is 15.3 Å². The number of carbonyl (C=O) groups excluding carboxylic acids is 1. The van der Waals surface area contributed by atoms with E-state index < -0.39 is 0 Å². The summed E-state index contributed by atoms with van der Waals surface area (Å²) in [6, 6.07) is 8.64. The average Bonchev–Trinajstić information content (AvgIpc) is 2.37. The zero-order valence-electron chi connectivity index (χ0n) is 11.2. The predicted octanol–water partition coefficient (Wildman–Crippen LogP) is 1.98. The lowest BCUT2D eigenvalue weighted by Crippen LogP contribution is -2.16. The third kappa shape index (κ3) is 3.36. The van der Waals surface area contributed by atoms with Gasteiger partial charge in [-0.15, -0.1) is 0 Å². The number of aromatic nitrogens is 2. The highest BCUT2D eigenvalue weighted by Crippen LogP contribution is 2.09. The largest absolute Gasteiger partial charge is 0.389 e. The van der Waals surface area contributed by atoms with Crippen LogP contribution in [-0.2, 0) is 0 Å². The monoisotopic (exact) mass is 286 g/mol. The number of nitrogens with two attached hydrogens (primary N) is 1. The lowest BCUT2D eigenvalue weighted by Gasteiger charge is -2.06. The lowest BCUT2D eigenvalue weighted by molar-refractivity contribution is 0.102. The van der Waals surface area contributed by atoms with Crippen molar-refractivity contribution in [2.75, 3.05) is 5.32 Å². The molecule has 2 rings (SSSR count). The van der Waals surface area contributed by atoms with Crippen molar-refractivity contribution < 1.29 is 4.79 Å². The number of benzene rings is 1. The van der Waals surface area contributed by atoms with Crippen LogP contribution in [-0.4, -0.2) is 20.9 Å². The van der Waals surface area contributed by atoms with Gasteiger partial charge in [0.05, 0.1) is 0 Å². The summed E-state index contributed by atoms with van der Waals surface area (Å²) >= 11 is 4.89. The molecule has 6 heteroatoms. The first kappa shape index (κ1) is 14.1. The van der Waals surface area contributed by atoms with Crippen LogP contribution in [0.4, 0.5) is 5.95 Å². The first-order valence-corrected chi connectivity index (χ1v) is 6.40. The van der Waals surface area contributed by atoms with E-state index in [1.165, 1.54) is 0 Å². The SMILES string of the molecule is Cc1cc(C)nc(NC(=O)c2cccc(C(N)=S)c2)n1. The Bertz CT molecular complexity index is 664. The molecule has 1 aromatic carbocycles. The normalized spacial score (nSPS) is 10.1. The summed E-state index contributed by atoms with van der Waals surface area (Å²) in [5, 5.41) is 2.66. The second-order valence-electron chi connectivity index (χ2n) is 4.37. The highest BCUT2D eigenvalue weighted by Gasteiger charge is 2.09. The van der Waals surface area contributed by atoms with Gasteiger partial charge < -0.3 is 5.73 Å². The molecule has 0 saturated carbocycles. The molecule has 20 heavy (non-hydrogen) atoms. The molecule has 0 aliphatic carbocycles. The van der Waals surface area contributed by atoms with Crippen molar-refractivity contribution in [1.29, 1.82) is 0 Å². The van der Waals surface area contributed by atoms with E-state index in [0.29, 0.717) is 11.1 Å². The van der Waals surface area contributed by atoms with Crippen molar-refractivity contribution in [2.45, 2.75) is 13.8 Å². The fourth-order valence-electron chi connectivity index (χ4n) is 1.77. The maximum absolute atomic E-state index is 12.1. The van der Waals surface area contributed by atoms with Crippen molar-refractivity contribution in [2.24, 2.45) is 5.73 Å². The molecular weight excluding hydrogens is 272 g/mol. The molecule has 1 aromatic heterocycles. The van der Waals surface area contributed by atoms with Gasteiger partial charge in [-0.2, -0.15) is 0 Å². The number of hydrogen-bond acceptors (Lipinski definition) is 4. The molecule has 0 bridgehead atoms. The van der Waals surface area contributed by atoms with E-state index in [9.17, 15) is 4.79 Å². The molecule has 0 aliphatic rings. The van der Waals surface area contributed by atoms with E-state index in [0.717, 1.165) is 11.4 Å². The summed E-state index contributed by atoms with van der Waals surface area (Å²) in [5.74, 6) is -0.0127. The van der Waals surface area contributed by atoms with Crippen LogP contribution in [0.5, 0.6) is 0 Å². The maximum atomic E-state index is 12.1. The van der Waals surface area contributed by atoms with Crippen LogP contribution in [0.1, 0.15) is 27.3 Å². The van der Waals surface area contributed by atoms with Crippen molar-refractivity contribution in [3.05, 3.63) is 52.8 Å². The van der Waals surface area contributed by atoms with Crippen LogP contribution in [0.3, 0.4) is 0 Å². The van der Waals surface area contributed by atoms with Crippen molar-refractivity contribution >= 4 is 29.1 Å². The molecule has 5 nitrogen and oxygen atoms in total. The molecule has 102 valence electrons. The number of thiocarbonyl (C=S) groups is 1. The minimum absolute atomic E-state index is 0.252. The second-order valence-corrected chi connectivity index (χ2v) is 4.81. The van der Waals surface area contributed by atoms with Crippen molar-refractivity contribution in [3.8, 4) is 0 Å². The maximum Gasteiger partial charge on any atom is 0.258 e. The molecule has 3 N–H and O–H groups in total. The molecule has 0 unspecified atom stereocenters. The number of nitrogens with one attached hydrogen (secondary N) is 1. The summed E-state index contributed by atoms with van der Waals surface area (Å²) in [6.07, 6.45) is 0. The molecule has 0 atom stereocenters. The Morgan fingerprint density at radius 2 is 1.75 bits per heavy atom. The molecule has 1 amide bonds. The summed E-state index contributed by atoms with van der Waals surface area (Å²) in [4.78, 5) is 20.7. The van der Waals surface area contributed by atoms with Gasteiger partial charge in [-0.3, -0.25) is 10.1 Å². The summed E-state index contributed by atoms with van der Waals surface area (Å²) in [7, 11) is 0. The van der Waals surface area contributed by atoms with Gasteiger partial charge >= 0.3 is 0 Å². The van der Waals surface area contributed by atoms with E-state index in [-0.39, 0.29) is 16.8 Å². The van der Waals surface area contributed by atoms with Crippen molar-refractivity contribution in [3.63, 3.8) is 0 Å². The number of nitrogens with zero attached hydrogens (tertiary/aromatic N) is 2. The summed E-state index contributed by atoms with van der Waals surface area (Å²) < 4.78 is 0. The molecule has 0 spiro atoms. The molecule has 0 saturated heterocycles. The fourth-order valence-corrected chi connectivity index (χ4v) is 1.90. The van der Waals surface area contributed by atoms with Gasteiger partial charge in [0.1, 0.15) is 4.99 Å². The Balaban J connectivity index is 2.23. The van der Waals surface area contributed by atoms with Gasteiger partial charge in [0.25, 0.3) is 5.91 Å². The minimum atomic E-state index is -0.298.